The molecule has 0 aliphatic heterocycles. The van der Waals surface area contributed by atoms with Crippen molar-refractivity contribution >= 4 is 17.5 Å². The molecule has 0 fully saturated rings. The second-order valence-corrected chi connectivity index (χ2v) is 6.54. The summed E-state index contributed by atoms with van der Waals surface area (Å²) in [4.78, 5) is 12.3. The molecule has 1 amide bonds. The van der Waals surface area contributed by atoms with Crippen molar-refractivity contribution in [3.63, 3.8) is 0 Å². The molecule has 0 aliphatic rings. The molecule has 1 heterocycles. The van der Waals surface area contributed by atoms with Crippen molar-refractivity contribution in [3.05, 3.63) is 52.3 Å². The SMILES string of the molecule is Cc1nn(Cc2ccccc2)c(Cl)c1C(=O)NCCCC(C)C. The van der Waals surface area contributed by atoms with E-state index in [1.54, 1.807) is 4.68 Å². The zero-order valence-electron chi connectivity index (χ0n) is 14.0. The van der Waals surface area contributed by atoms with E-state index in [-0.39, 0.29) is 5.91 Å². The largest absolute Gasteiger partial charge is 0.352 e. The minimum absolute atomic E-state index is 0.143. The summed E-state index contributed by atoms with van der Waals surface area (Å²) in [5.41, 5.74) is 2.24. The summed E-state index contributed by atoms with van der Waals surface area (Å²) in [6, 6.07) is 9.94. The van der Waals surface area contributed by atoms with Gasteiger partial charge in [-0.3, -0.25) is 4.79 Å². The maximum absolute atomic E-state index is 12.3. The monoisotopic (exact) mass is 333 g/mol. The van der Waals surface area contributed by atoms with Gasteiger partial charge >= 0.3 is 0 Å². The molecule has 1 aromatic carbocycles. The first-order valence-electron chi connectivity index (χ1n) is 8.04. The standard InChI is InChI=1S/C18H24ClN3O/c1-13(2)8-7-11-20-18(23)16-14(3)21-22(17(16)19)12-15-9-5-4-6-10-15/h4-6,9-10,13H,7-8,11-12H2,1-3H3,(H,20,23). The maximum Gasteiger partial charge on any atom is 0.256 e. The molecule has 2 rings (SSSR count). The fourth-order valence-electron chi connectivity index (χ4n) is 2.47. The van der Waals surface area contributed by atoms with E-state index in [0.29, 0.717) is 35.4 Å². The van der Waals surface area contributed by atoms with Crippen molar-refractivity contribution in [2.24, 2.45) is 5.92 Å². The summed E-state index contributed by atoms with van der Waals surface area (Å²) < 4.78 is 1.68. The first kappa shape index (κ1) is 17.5. The molecule has 2 aromatic rings. The Morgan fingerprint density at radius 2 is 2.00 bits per heavy atom. The molecule has 0 unspecified atom stereocenters. The van der Waals surface area contributed by atoms with Gasteiger partial charge in [-0.15, -0.1) is 0 Å². The van der Waals surface area contributed by atoms with E-state index >= 15 is 0 Å². The zero-order valence-corrected chi connectivity index (χ0v) is 14.7. The quantitative estimate of drug-likeness (QED) is 0.777. The van der Waals surface area contributed by atoms with Crippen molar-refractivity contribution in [2.75, 3.05) is 6.54 Å². The Morgan fingerprint density at radius 3 is 2.65 bits per heavy atom. The van der Waals surface area contributed by atoms with Gasteiger partial charge in [0.15, 0.2) is 0 Å². The van der Waals surface area contributed by atoms with Crippen LogP contribution in [-0.2, 0) is 6.54 Å². The van der Waals surface area contributed by atoms with Crippen molar-refractivity contribution in [2.45, 2.75) is 40.2 Å². The van der Waals surface area contributed by atoms with Gasteiger partial charge in [-0.1, -0.05) is 55.8 Å². The average Bonchev–Trinajstić information content (AvgIpc) is 2.78. The lowest BCUT2D eigenvalue weighted by Gasteiger charge is -2.07. The number of hydrogen-bond acceptors (Lipinski definition) is 2. The lowest BCUT2D eigenvalue weighted by molar-refractivity contribution is 0.0952. The predicted molar refractivity (Wildman–Crippen MR) is 93.9 cm³/mol. The number of aromatic nitrogens is 2. The molecule has 4 nitrogen and oxygen atoms in total. The number of aryl methyl sites for hydroxylation is 1. The van der Waals surface area contributed by atoms with E-state index in [4.69, 9.17) is 11.6 Å². The molecular weight excluding hydrogens is 310 g/mol. The highest BCUT2D eigenvalue weighted by Gasteiger charge is 2.20. The van der Waals surface area contributed by atoms with Crippen molar-refractivity contribution in [3.8, 4) is 0 Å². The summed E-state index contributed by atoms with van der Waals surface area (Å²) in [6.45, 7) is 7.39. The topological polar surface area (TPSA) is 46.9 Å². The Balaban J connectivity index is 2.03. The number of carbonyl (C=O) groups excluding carboxylic acids is 1. The van der Waals surface area contributed by atoms with Crippen LogP contribution in [0.2, 0.25) is 5.15 Å². The molecule has 0 bridgehead atoms. The molecule has 0 saturated carbocycles. The van der Waals surface area contributed by atoms with Crippen LogP contribution in [0.25, 0.3) is 0 Å². The number of rotatable bonds is 7. The smallest absolute Gasteiger partial charge is 0.256 e. The molecular formula is C18H24ClN3O. The van der Waals surface area contributed by atoms with E-state index in [1.165, 1.54) is 0 Å². The number of nitrogens with one attached hydrogen (secondary N) is 1. The van der Waals surface area contributed by atoms with E-state index in [9.17, 15) is 4.79 Å². The predicted octanol–water partition coefficient (Wildman–Crippen LogP) is 4.06. The van der Waals surface area contributed by atoms with Gasteiger partial charge in [-0.05, 0) is 31.2 Å². The maximum atomic E-state index is 12.3. The van der Waals surface area contributed by atoms with Gasteiger partial charge in [-0.2, -0.15) is 5.10 Å². The number of nitrogens with zero attached hydrogens (tertiary/aromatic N) is 2. The molecule has 1 N–H and O–H groups in total. The van der Waals surface area contributed by atoms with Crippen LogP contribution in [0.1, 0.15) is 48.3 Å². The van der Waals surface area contributed by atoms with Crippen LogP contribution in [0.15, 0.2) is 30.3 Å². The second kappa shape index (κ2) is 8.16. The van der Waals surface area contributed by atoms with Gasteiger partial charge < -0.3 is 5.32 Å². The van der Waals surface area contributed by atoms with Gasteiger partial charge in [0.05, 0.1) is 17.8 Å². The van der Waals surface area contributed by atoms with E-state index in [2.05, 4.69) is 24.3 Å². The molecule has 0 radical (unpaired) electrons. The number of halogens is 1. The van der Waals surface area contributed by atoms with Crippen molar-refractivity contribution < 1.29 is 4.79 Å². The molecule has 0 spiro atoms. The zero-order chi connectivity index (χ0) is 16.8. The first-order chi connectivity index (χ1) is 11.0. The fraction of sp³-hybridized carbons (Fsp3) is 0.444. The Morgan fingerprint density at radius 1 is 1.30 bits per heavy atom. The first-order valence-corrected chi connectivity index (χ1v) is 8.42. The summed E-state index contributed by atoms with van der Waals surface area (Å²) in [5.74, 6) is 0.501. The average molecular weight is 334 g/mol. The van der Waals surface area contributed by atoms with Crippen molar-refractivity contribution in [1.29, 1.82) is 0 Å². The number of carbonyl (C=O) groups is 1. The molecule has 5 heteroatoms. The normalized spacial score (nSPS) is 11.0. The highest BCUT2D eigenvalue weighted by Crippen LogP contribution is 2.21. The Hall–Kier alpha value is -1.81. The highest BCUT2D eigenvalue weighted by atomic mass is 35.5. The Kier molecular flexibility index (Phi) is 6.22. The van der Waals surface area contributed by atoms with Crippen LogP contribution in [0.3, 0.4) is 0 Å². The lowest BCUT2D eigenvalue weighted by atomic mass is 10.1. The van der Waals surface area contributed by atoms with Crippen LogP contribution in [0, 0.1) is 12.8 Å². The Labute approximate surface area is 142 Å². The Bertz CT molecular complexity index is 650. The van der Waals surface area contributed by atoms with Gasteiger partial charge in [-0.25, -0.2) is 4.68 Å². The number of benzene rings is 1. The minimum Gasteiger partial charge on any atom is -0.352 e. The van der Waals surface area contributed by atoms with Crippen LogP contribution >= 0.6 is 11.6 Å². The van der Waals surface area contributed by atoms with Crippen LogP contribution in [0.4, 0.5) is 0 Å². The van der Waals surface area contributed by atoms with E-state index in [0.717, 1.165) is 18.4 Å². The molecule has 0 aliphatic carbocycles. The molecule has 1 aromatic heterocycles. The minimum atomic E-state index is -0.143. The van der Waals surface area contributed by atoms with E-state index in [1.807, 2.05) is 37.3 Å². The molecule has 124 valence electrons. The third-order valence-electron chi connectivity index (χ3n) is 3.71. The summed E-state index contributed by atoms with van der Waals surface area (Å²) in [6.07, 6.45) is 2.07. The molecule has 0 atom stereocenters. The van der Waals surface area contributed by atoms with Crippen LogP contribution in [0.5, 0.6) is 0 Å². The third-order valence-corrected chi connectivity index (χ3v) is 4.10. The van der Waals surface area contributed by atoms with E-state index < -0.39 is 0 Å². The van der Waals surface area contributed by atoms with Crippen molar-refractivity contribution in [1.82, 2.24) is 15.1 Å². The molecule has 0 saturated heterocycles. The van der Waals surface area contributed by atoms with Gasteiger partial charge in [0.25, 0.3) is 5.91 Å². The van der Waals surface area contributed by atoms with Gasteiger partial charge in [0, 0.05) is 6.54 Å². The van der Waals surface area contributed by atoms with Gasteiger partial charge in [0.2, 0.25) is 0 Å². The number of hydrogen-bond donors (Lipinski definition) is 1. The number of amides is 1. The third kappa shape index (κ3) is 4.83. The fourth-order valence-corrected chi connectivity index (χ4v) is 2.79. The van der Waals surface area contributed by atoms with Crippen LogP contribution in [-0.4, -0.2) is 22.2 Å². The summed E-state index contributed by atoms with van der Waals surface area (Å²) in [7, 11) is 0. The summed E-state index contributed by atoms with van der Waals surface area (Å²) in [5, 5.41) is 7.74. The molecule has 23 heavy (non-hydrogen) atoms. The van der Waals surface area contributed by atoms with Gasteiger partial charge in [0.1, 0.15) is 5.15 Å². The second-order valence-electron chi connectivity index (χ2n) is 6.19. The summed E-state index contributed by atoms with van der Waals surface area (Å²) >= 11 is 6.38. The lowest BCUT2D eigenvalue weighted by Crippen LogP contribution is -2.25. The van der Waals surface area contributed by atoms with Crippen LogP contribution < -0.4 is 5.32 Å². The highest BCUT2D eigenvalue weighted by molar-refractivity contribution is 6.33.